The molecule has 0 saturated carbocycles. The van der Waals surface area contributed by atoms with Crippen molar-refractivity contribution in [3.05, 3.63) is 35.0 Å². The number of esters is 1. The summed E-state index contributed by atoms with van der Waals surface area (Å²) in [5.74, 6) is -0.0907. The molecule has 1 aromatic carbocycles. The molecule has 0 aliphatic heterocycles. The second-order valence-electron chi connectivity index (χ2n) is 4.99. The first-order valence-corrected chi connectivity index (χ1v) is 7.22. The molecule has 3 rings (SSSR count). The van der Waals surface area contributed by atoms with Gasteiger partial charge in [0.15, 0.2) is 11.5 Å². The lowest BCUT2D eigenvalue weighted by atomic mass is 10.1. The van der Waals surface area contributed by atoms with Crippen LogP contribution >= 0.6 is 11.6 Å². The summed E-state index contributed by atoms with van der Waals surface area (Å²) in [5.41, 5.74) is 8.96. The summed E-state index contributed by atoms with van der Waals surface area (Å²) in [6.07, 6.45) is 0. The Labute approximate surface area is 137 Å². The average Bonchev–Trinajstić information content (AvgIpc) is 2.81. The molecular formula is C15H14ClN5O2. The second kappa shape index (κ2) is 5.85. The number of fused-ring (bicyclic) bond motifs is 1. The van der Waals surface area contributed by atoms with E-state index in [1.54, 1.807) is 23.9 Å². The summed E-state index contributed by atoms with van der Waals surface area (Å²) in [5, 5.41) is 4.91. The van der Waals surface area contributed by atoms with Gasteiger partial charge in [0.25, 0.3) is 0 Å². The molecule has 2 aromatic heterocycles. The Morgan fingerprint density at radius 1 is 1.30 bits per heavy atom. The van der Waals surface area contributed by atoms with Crippen LogP contribution in [-0.4, -0.2) is 25.7 Å². The van der Waals surface area contributed by atoms with Crippen LogP contribution in [0.25, 0.3) is 22.4 Å². The zero-order valence-corrected chi connectivity index (χ0v) is 13.3. The largest absolute Gasteiger partial charge is 0.459 e. The first kappa shape index (κ1) is 15.2. The molecule has 8 heteroatoms. The SMILES string of the molecule is CC(=O)OCc1nn(C)c2nc(N)c(-c3ccc(Cl)cc3)nc12. The summed E-state index contributed by atoms with van der Waals surface area (Å²) < 4.78 is 6.57. The van der Waals surface area contributed by atoms with Gasteiger partial charge in [0.05, 0.1) is 0 Å². The van der Waals surface area contributed by atoms with E-state index < -0.39 is 0 Å². The molecule has 23 heavy (non-hydrogen) atoms. The summed E-state index contributed by atoms with van der Waals surface area (Å²) in [4.78, 5) is 19.9. The molecule has 2 N–H and O–H groups in total. The molecule has 0 aliphatic rings. The second-order valence-corrected chi connectivity index (χ2v) is 5.42. The quantitative estimate of drug-likeness (QED) is 0.740. The summed E-state index contributed by atoms with van der Waals surface area (Å²) in [7, 11) is 1.73. The van der Waals surface area contributed by atoms with E-state index in [1.165, 1.54) is 6.92 Å². The van der Waals surface area contributed by atoms with Gasteiger partial charge in [-0.2, -0.15) is 5.10 Å². The molecular weight excluding hydrogens is 318 g/mol. The molecule has 0 aliphatic carbocycles. The number of halogens is 1. The zero-order valence-electron chi connectivity index (χ0n) is 12.6. The fraction of sp³-hybridized carbons (Fsp3) is 0.200. The molecule has 0 bridgehead atoms. The van der Waals surface area contributed by atoms with Crippen LogP contribution < -0.4 is 5.73 Å². The van der Waals surface area contributed by atoms with Gasteiger partial charge in [0.2, 0.25) is 0 Å². The molecule has 0 saturated heterocycles. The summed E-state index contributed by atoms with van der Waals surface area (Å²) >= 11 is 5.90. The molecule has 3 aromatic rings. The van der Waals surface area contributed by atoms with E-state index in [-0.39, 0.29) is 12.6 Å². The van der Waals surface area contributed by atoms with Crippen LogP contribution in [0.4, 0.5) is 5.82 Å². The number of anilines is 1. The predicted molar refractivity (Wildman–Crippen MR) is 86.6 cm³/mol. The average molecular weight is 332 g/mol. The number of aromatic nitrogens is 4. The third-order valence-corrected chi connectivity index (χ3v) is 3.54. The number of hydrogen-bond acceptors (Lipinski definition) is 6. The van der Waals surface area contributed by atoms with Crippen molar-refractivity contribution in [2.24, 2.45) is 7.05 Å². The highest BCUT2D eigenvalue weighted by molar-refractivity contribution is 6.30. The van der Waals surface area contributed by atoms with Crippen LogP contribution in [0, 0.1) is 0 Å². The van der Waals surface area contributed by atoms with E-state index in [0.717, 1.165) is 5.56 Å². The number of nitrogens with zero attached hydrogens (tertiary/aromatic N) is 4. The lowest BCUT2D eigenvalue weighted by Crippen LogP contribution is -2.01. The highest BCUT2D eigenvalue weighted by atomic mass is 35.5. The maximum Gasteiger partial charge on any atom is 0.303 e. The zero-order chi connectivity index (χ0) is 16.6. The van der Waals surface area contributed by atoms with Gasteiger partial charge in [-0.25, -0.2) is 14.6 Å². The number of hydrogen-bond donors (Lipinski definition) is 1. The Balaban J connectivity index is 2.12. The first-order chi connectivity index (χ1) is 11.0. The van der Waals surface area contributed by atoms with Gasteiger partial charge in [-0.15, -0.1) is 0 Å². The van der Waals surface area contributed by atoms with E-state index >= 15 is 0 Å². The molecule has 0 spiro atoms. The maximum absolute atomic E-state index is 11.0. The van der Waals surface area contributed by atoms with Crippen LogP contribution in [0.3, 0.4) is 0 Å². The summed E-state index contributed by atoms with van der Waals surface area (Å²) in [6.45, 7) is 1.37. The number of rotatable bonds is 3. The fourth-order valence-electron chi connectivity index (χ4n) is 2.22. The van der Waals surface area contributed by atoms with Gasteiger partial charge in [0, 0.05) is 24.6 Å². The van der Waals surface area contributed by atoms with Gasteiger partial charge < -0.3 is 10.5 Å². The van der Waals surface area contributed by atoms with Crippen LogP contribution in [0.2, 0.25) is 5.02 Å². The third-order valence-electron chi connectivity index (χ3n) is 3.28. The Morgan fingerprint density at radius 3 is 2.65 bits per heavy atom. The molecule has 7 nitrogen and oxygen atoms in total. The lowest BCUT2D eigenvalue weighted by Gasteiger charge is -2.05. The first-order valence-electron chi connectivity index (χ1n) is 6.84. The number of aryl methyl sites for hydroxylation is 1. The van der Waals surface area contributed by atoms with E-state index in [0.29, 0.717) is 33.4 Å². The van der Waals surface area contributed by atoms with Crippen molar-refractivity contribution < 1.29 is 9.53 Å². The van der Waals surface area contributed by atoms with Gasteiger partial charge in [-0.3, -0.25) is 4.79 Å². The van der Waals surface area contributed by atoms with Gasteiger partial charge >= 0.3 is 5.97 Å². The highest BCUT2D eigenvalue weighted by Crippen LogP contribution is 2.27. The molecule has 0 radical (unpaired) electrons. The minimum Gasteiger partial charge on any atom is -0.459 e. The fourth-order valence-corrected chi connectivity index (χ4v) is 2.35. The van der Waals surface area contributed by atoms with Crippen molar-refractivity contribution in [2.75, 3.05) is 5.73 Å². The van der Waals surface area contributed by atoms with E-state index in [1.807, 2.05) is 12.1 Å². The van der Waals surface area contributed by atoms with Gasteiger partial charge in [-0.1, -0.05) is 23.7 Å². The molecule has 2 heterocycles. The number of benzene rings is 1. The standard InChI is InChI=1S/C15H14ClN5O2/c1-8(22)23-7-11-13-15(21(2)20-11)19-14(17)12(18-13)9-3-5-10(16)6-4-9/h3-6H,7H2,1-2H3,(H2,17,19). The van der Waals surface area contributed by atoms with Crippen molar-refractivity contribution in [3.8, 4) is 11.3 Å². The molecule has 0 unspecified atom stereocenters. The number of nitrogen functional groups attached to an aromatic ring is 1. The maximum atomic E-state index is 11.0. The number of carbonyl (C=O) groups is 1. The lowest BCUT2D eigenvalue weighted by molar-refractivity contribution is -0.142. The number of nitrogens with two attached hydrogens (primary N) is 1. The van der Waals surface area contributed by atoms with Crippen molar-refractivity contribution in [3.63, 3.8) is 0 Å². The van der Waals surface area contributed by atoms with E-state index in [4.69, 9.17) is 22.1 Å². The molecule has 0 atom stereocenters. The van der Waals surface area contributed by atoms with Crippen molar-refractivity contribution in [2.45, 2.75) is 13.5 Å². The van der Waals surface area contributed by atoms with Gasteiger partial charge in [-0.05, 0) is 12.1 Å². The highest BCUT2D eigenvalue weighted by Gasteiger charge is 2.17. The monoisotopic (exact) mass is 331 g/mol. The number of carbonyl (C=O) groups excluding carboxylic acids is 1. The van der Waals surface area contributed by atoms with E-state index in [9.17, 15) is 4.79 Å². The Hall–Kier alpha value is -2.67. The Morgan fingerprint density at radius 2 is 2.00 bits per heavy atom. The van der Waals surface area contributed by atoms with Crippen LogP contribution in [0.1, 0.15) is 12.6 Å². The van der Waals surface area contributed by atoms with E-state index in [2.05, 4.69) is 15.1 Å². The smallest absolute Gasteiger partial charge is 0.303 e. The van der Waals surface area contributed by atoms with Crippen LogP contribution in [-0.2, 0) is 23.2 Å². The van der Waals surface area contributed by atoms with Crippen LogP contribution in [0.5, 0.6) is 0 Å². The molecule has 118 valence electrons. The predicted octanol–water partition coefficient (Wildman–Crippen LogP) is 2.33. The normalized spacial score (nSPS) is 10.9. The minimum atomic E-state index is -0.384. The molecule has 0 amide bonds. The van der Waals surface area contributed by atoms with Gasteiger partial charge in [0.1, 0.15) is 23.5 Å². The van der Waals surface area contributed by atoms with Crippen LogP contribution in [0.15, 0.2) is 24.3 Å². The third kappa shape index (κ3) is 2.95. The topological polar surface area (TPSA) is 95.9 Å². The molecule has 0 fully saturated rings. The summed E-state index contributed by atoms with van der Waals surface area (Å²) in [6, 6.07) is 7.14. The number of ether oxygens (including phenoxy) is 1. The Kier molecular flexibility index (Phi) is 3.87. The van der Waals surface area contributed by atoms with Crippen molar-refractivity contribution in [1.29, 1.82) is 0 Å². The Bertz CT molecular complexity index is 889. The minimum absolute atomic E-state index is 0.0331. The van der Waals surface area contributed by atoms with Crippen molar-refractivity contribution >= 4 is 34.6 Å². The van der Waals surface area contributed by atoms with Crippen molar-refractivity contribution in [1.82, 2.24) is 19.7 Å².